The zero-order chi connectivity index (χ0) is 12.8. The van der Waals surface area contributed by atoms with Crippen LogP contribution in [0, 0.1) is 11.3 Å². The maximum absolute atomic E-state index is 8.56. The Morgan fingerprint density at radius 1 is 1.41 bits per heavy atom. The van der Waals surface area contributed by atoms with Crippen LogP contribution in [0.2, 0.25) is 0 Å². The molecule has 3 heteroatoms. The van der Waals surface area contributed by atoms with Gasteiger partial charge in [0.1, 0.15) is 5.75 Å². The van der Waals surface area contributed by atoms with E-state index in [0.717, 1.165) is 16.9 Å². The molecule has 0 saturated carbocycles. The Bertz CT molecular complexity index is 407. The Hall–Kier alpha value is -1.53. The van der Waals surface area contributed by atoms with Crippen molar-refractivity contribution in [1.29, 1.82) is 5.26 Å². The second-order valence-corrected chi connectivity index (χ2v) is 4.46. The molecular weight excluding hydrogens is 212 g/mol. The molecular formula is C14H20N2O. The van der Waals surface area contributed by atoms with Crippen LogP contribution in [0.3, 0.4) is 0 Å². The minimum Gasteiger partial charge on any atom is -0.496 e. The SMILES string of the molecule is COc1ccc(C(N)CCC#N)cc1C(C)C. The first-order chi connectivity index (χ1) is 8.10. The summed E-state index contributed by atoms with van der Waals surface area (Å²) in [6.45, 7) is 4.25. The molecule has 2 N–H and O–H groups in total. The lowest BCUT2D eigenvalue weighted by molar-refractivity contribution is 0.407. The van der Waals surface area contributed by atoms with Crippen molar-refractivity contribution in [2.75, 3.05) is 7.11 Å². The van der Waals surface area contributed by atoms with E-state index < -0.39 is 0 Å². The van der Waals surface area contributed by atoms with Gasteiger partial charge in [0.25, 0.3) is 0 Å². The van der Waals surface area contributed by atoms with E-state index in [4.69, 9.17) is 15.7 Å². The van der Waals surface area contributed by atoms with Crippen molar-refractivity contribution in [3.05, 3.63) is 29.3 Å². The second kappa shape index (κ2) is 6.27. The fraction of sp³-hybridized carbons (Fsp3) is 0.500. The van der Waals surface area contributed by atoms with Gasteiger partial charge in [0.05, 0.1) is 13.2 Å². The molecule has 1 aromatic rings. The molecule has 0 aliphatic rings. The number of nitriles is 1. The molecule has 92 valence electrons. The summed E-state index contributed by atoms with van der Waals surface area (Å²) in [4.78, 5) is 0. The Labute approximate surface area is 103 Å². The van der Waals surface area contributed by atoms with Crippen LogP contribution < -0.4 is 10.5 Å². The molecule has 3 nitrogen and oxygen atoms in total. The molecule has 0 spiro atoms. The number of benzene rings is 1. The highest BCUT2D eigenvalue weighted by molar-refractivity contribution is 5.40. The molecule has 0 fully saturated rings. The van der Waals surface area contributed by atoms with E-state index in [9.17, 15) is 0 Å². The van der Waals surface area contributed by atoms with E-state index in [0.29, 0.717) is 18.8 Å². The first-order valence-electron chi connectivity index (χ1n) is 5.90. The molecule has 0 aliphatic heterocycles. The van der Waals surface area contributed by atoms with Crippen molar-refractivity contribution in [2.45, 2.75) is 38.6 Å². The molecule has 0 saturated heterocycles. The van der Waals surface area contributed by atoms with Crippen LogP contribution in [0.15, 0.2) is 18.2 Å². The van der Waals surface area contributed by atoms with E-state index in [1.807, 2.05) is 12.1 Å². The van der Waals surface area contributed by atoms with Crippen molar-refractivity contribution in [3.8, 4) is 11.8 Å². The van der Waals surface area contributed by atoms with Crippen molar-refractivity contribution >= 4 is 0 Å². The minimum absolute atomic E-state index is 0.0712. The maximum Gasteiger partial charge on any atom is 0.122 e. The van der Waals surface area contributed by atoms with E-state index in [1.54, 1.807) is 7.11 Å². The Kier molecular flexibility index (Phi) is 4.99. The number of ether oxygens (including phenoxy) is 1. The highest BCUT2D eigenvalue weighted by Gasteiger charge is 2.12. The fourth-order valence-corrected chi connectivity index (χ4v) is 1.82. The van der Waals surface area contributed by atoms with Crippen LogP contribution in [0.25, 0.3) is 0 Å². The van der Waals surface area contributed by atoms with E-state index in [2.05, 4.69) is 26.0 Å². The molecule has 0 bridgehead atoms. The van der Waals surface area contributed by atoms with Gasteiger partial charge in [0.2, 0.25) is 0 Å². The molecule has 1 aromatic carbocycles. The summed E-state index contributed by atoms with van der Waals surface area (Å²) in [5, 5.41) is 8.56. The highest BCUT2D eigenvalue weighted by Crippen LogP contribution is 2.29. The standard InChI is InChI=1S/C14H20N2O/c1-10(2)12-9-11(6-7-14(12)17-3)13(16)5-4-8-15/h6-7,9-10,13H,4-5,16H2,1-3H3. The van der Waals surface area contributed by atoms with Crippen LogP contribution in [0.4, 0.5) is 0 Å². The predicted molar refractivity (Wildman–Crippen MR) is 68.9 cm³/mol. The van der Waals surface area contributed by atoms with Gasteiger partial charge in [0.15, 0.2) is 0 Å². The number of methoxy groups -OCH3 is 1. The molecule has 0 aromatic heterocycles. The van der Waals surface area contributed by atoms with Gasteiger partial charge in [-0.2, -0.15) is 5.26 Å². The van der Waals surface area contributed by atoms with Gasteiger partial charge in [-0.15, -0.1) is 0 Å². The van der Waals surface area contributed by atoms with Gasteiger partial charge < -0.3 is 10.5 Å². The molecule has 0 radical (unpaired) electrons. The van der Waals surface area contributed by atoms with Gasteiger partial charge in [-0.25, -0.2) is 0 Å². The third-order valence-corrected chi connectivity index (χ3v) is 2.87. The Morgan fingerprint density at radius 2 is 2.12 bits per heavy atom. The van der Waals surface area contributed by atoms with Gasteiger partial charge in [0, 0.05) is 12.5 Å². The topological polar surface area (TPSA) is 59.0 Å². The number of nitrogens with two attached hydrogens (primary N) is 1. The van der Waals surface area contributed by atoms with Crippen LogP contribution in [0.5, 0.6) is 5.75 Å². The smallest absolute Gasteiger partial charge is 0.122 e. The van der Waals surface area contributed by atoms with Crippen molar-refractivity contribution in [2.24, 2.45) is 5.73 Å². The lowest BCUT2D eigenvalue weighted by atomic mass is 9.95. The average Bonchev–Trinajstić information content (AvgIpc) is 2.34. The number of hydrogen-bond acceptors (Lipinski definition) is 3. The zero-order valence-corrected chi connectivity index (χ0v) is 10.7. The summed E-state index contributed by atoms with van der Waals surface area (Å²) in [7, 11) is 1.68. The van der Waals surface area contributed by atoms with Crippen molar-refractivity contribution < 1.29 is 4.74 Å². The fourth-order valence-electron chi connectivity index (χ4n) is 1.82. The van der Waals surface area contributed by atoms with Gasteiger partial charge in [-0.1, -0.05) is 26.0 Å². The van der Waals surface area contributed by atoms with Gasteiger partial charge in [-0.05, 0) is 29.5 Å². The summed E-state index contributed by atoms with van der Waals surface area (Å²) in [6.07, 6.45) is 1.19. The van der Waals surface area contributed by atoms with Crippen LogP contribution in [0.1, 0.15) is 49.8 Å². The van der Waals surface area contributed by atoms with Gasteiger partial charge >= 0.3 is 0 Å². The average molecular weight is 232 g/mol. The van der Waals surface area contributed by atoms with E-state index >= 15 is 0 Å². The van der Waals surface area contributed by atoms with Crippen LogP contribution in [-0.4, -0.2) is 7.11 Å². The van der Waals surface area contributed by atoms with Crippen molar-refractivity contribution in [1.82, 2.24) is 0 Å². The molecule has 0 aliphatic carbocycles. The first-order valence-corrected chi connectivity index (χ1v) is 5.90. The highest BCUT2D eigenvalue weighted by atomic mass is 16.5. The Balaban J connectivity index is 2.96. The van der Waals surface area contributed by atoms with Crippen molar-refractivity contribution in [3.63, 3.8) is 0 Å². The minimum atomic E-state index is -0.0712. The molecule has 1 unspecified atom stereocenters. The van der Waals surface area contributed by atoms with Crippen LogP contribution in [-0.2, 0) is 0 Å². The molecule has 1 atom stereocenters. The largest absolute Gasteiger partial charge is 0.496 e. The van der Waals surface area contributed by atoms with Gasteiger partial charge in [-0.3, -0.25) is 0 Å². The first kappa shape index (κ1) is 13.5. The van der Waals surface area contributed by atoms with E-state index in [1.165, 1.54) is 0 Å². The van der Waals surface area contributed by atoms with E-state index in [-0.39, 0.29) is 6.04 Å². The molecule has 0 amide bonds. The number of nitrogens with zero attached hydrogens (tertiary/aromatic N) is 1. The summed E-state index contributed by atoms with van der Waals surface area (Å²) < 4.78 is 5.33. The summed E-state index contributed by atoms with van der Waals surface area (Å²) in [5.74, 6) is 1.30. The third-order valence-electron chi connectivity index (χ3n) is 2.87. The molecule has 17 heavy (non-hydrogen) atoms. The summed E-state index contributed by atoms with van der Waals surface area (Å²) in [6, 6.07) is 8.08. The lowest BCUT2D eigenvalue weighted by Crippen LogP contribution is -2.10. The molecule has 1 rings (SSSR count). The third kappa shape index (κ3) is 3.47. The normalized spacial score (nSPS) is 12.2. The summed E-state index contributed by atoms with van der Waals surface area (Å²) in [5.41, 5.74) is 8.29. The predicted octanol–water partition coefficient (Wildman–Crippen LogP) is 3.12. The monoisotopic (exact) mass is 232 g/mol. The maximum atomic E-state index is 8.56. The number of hydrogen-bond donors (Lipinski definition) is 1. The Morgan fingerprint density at radius 3 is 2.65 bits per heavy atom. The summed E-state index contributed by atoms with van der Waals surface area (Å²) >= 11 is 0. The lowest BCUT2D eigenvalue weighted by Gasteiger charge is -2.16. The quantitative estimate of drug-likeness (QED) is 0.848. The zero-order valence-electron chi connectivity index (χ0n) is 10.7. The second-order valence-electron chi connectivity index (χ2n) is 4.46. The molecule has 0 heterocycles. The van der Waals surface area contributed by atoms with Crippen LogP contribution >= 0.6 is 0 Å². The number of rotatable bonds is 5.